The van der Waals surface area contributed by atoms with Gasteiger partial charge in [-0.05, 0) is 54.6 Å². The van der Waals surface area contributed by atoms with E-state index in [0.29, 0.717) is 17.2 Å². The summed E-state index contributed by atoms with van der Waals surface area (Å²) in [5, 5.41) is -0.222. The Bertz CT molecular complexity index is 771. The van der Waals surface area contributed by atoms with Gasteiger partial charge in [-0.15, -0.1) is 0 Å². The van der Waals surface area contributed by atoms with Crippen LogP contribution in [0.25, 0.3) is 6.08 Å². The van der Waals surface area contributed by atoms with Crippen molar-refractivity contribution >= 4 is 29.0 Å². The molecule has 0 bridgehead atoms. The predicted octanol–water partition coefficient (Wildman–Crippen LogP) is 4.54. The summed E-state index contributed by atoms with van der Waals surface area (Å²) >= 11 is 0.969. The van der Waals surface area contributed by atoms with Crippen LogP contribution < -0.4 is 4.74 Å². The van der Waals surface area contributed by atoms with E-state index < -0.39 is 0 Å². The molecule has 0 spiro atoms. The molecule has 2 aromatic carbocycles. The largest absolute Gasteiger partial charge is 0.457 e. The van der Waals surface area contributed by atoms with Crippen molar-refractivity contribution in [2.24, 2.45) is 0 Å². The molecule has 5 heteroatoms. The van der Waals surface area contributed by atoms with Gasteiger partial charge in [-0.3, -0.25) is 14.5 Å². The Morgan fingerprint density at radius 2 is 1.78 bits per heavy atom. The van der Waals surface area contributed by atoms with E-state index in [4.69, 9.17) is 4.74 Å². The third-order valence-corrected chi connectivity index (χ3v) is 4.23. The minimum absolute atomic E-state index is 0.222. The molecule has 0 aromatic heterocycles. The summed E-state index contributed by atoms with van der Waals surface area (Å²) in [6.07, 6.45) is 1.72. The number of hydrogen-bond acceptors (Lipinski definition) is 4. The number of benzene rings is 2. The highest BCUT2D eigenvalue weighted by Gasteiger charge is 2.33. The molecular weight excluding hydrogens is 310 g/mol. The molecule has 23 heavy (non-hydrogen) atoms. The predicted molar refractivity (Wildman–Crippen MR) is 91.3 cm³/mol. The molecule has 3 rings (SSSR count). The average Bonchev–Trinajstić information content (AvgIpc) is 2.82. The number of thioether (sulfide) groups is 1. The number of rotatable bonds is 4. The number of ether oxygens (including phenoxy) is 1. The molecule has 2 aromatic rings. The molecule has 1 aliphatic heterocycles. The number of para-hydroxylation sites is 1. The number of nitrogens with zero attached hydrogens (tertiary/aromatic N) is 1. The molecule has 1 heterocycles. The van der Waals surface area contributed by atoms with E-state index >= 15 is 0 Å². The zero-order valence-corrected chi connectivity index (χ0v) is 13.4. The summed E-state index contributed by atoms with van der Waals surface area (Å²) in [6, 6.07) is 16.9. The van der Waals surface area contributed by atoms with Crippen molar-refractivity contribution in [1.82, 2.24) is 4.90 Å². The quantitative estimate of drug-likeness (QED) is 0.775. The van der Waals surface area contributed by atoms with Gasteiger partial charge >= 0.3 is 0 Å². The lowest BCUT2D eigenvalue weighted by Crippen LogP contribution is -2.27. The highest BCUT2D eigenvalue weighted by Crippen LogP contribution is 2.32. The first-order chi connectivity index (χ1) is 11.2. The fourth-order valence-corrected chi connectivity index (χ4v) is 3.12. The second-order valence-corrected chi connectivity index (χ2v) is 5.91. The second kappa shape index (κ2) is 6.71. The van der Waals surface area contributed by atoms with Crippen molar-refractivity contribution in [3.8, 4) is 11.5 Å². The van der Waals surface area contributed by atoms with Gasteiger partial charge in [-0.25, -0.2) is 0 Å². The number of amides is 2. The number of carbonyl (C=O) groups is 2. The van der Waals surface area contributed by atoms with Crippen LogP contribution in [0, 0.1) is 0 Å². The Morgan fingerprint density at radius 1 is 1.04 bits per heavy atom. The van der Waals surface area contributed by atoms with Crippen LogP contribution in [-0.4, -0.2) is 22.6 Å². The van der Waals surface area contributed by atoms with Gasteiger partial charge in [0, 0.05) is 6.54 Å². The Labute approximate surface area is 138 Å². The second-order valence-electron chi connectivity index (χ2n) is 4.91. The molecule has 4 nitrogen and oxygen atoms in total. The number of hydrogen-bond donors (Lipinski definition) is 0. The maximum Gasteiger partial charge on any atom is 0.293 e. The fourth-order valence-electron chi connectivity index (χ4n) is 2.22. The molecule has 0 unspecified atom stereocenters. The van der Waals surface area contributed by atoms with Crippen molar-refractivity contribution in [2.45, 2.75) is 6.92 Å². The molecule has 0 atom stereocenters. The Kier molecular flexibility index (Phi) is 4.48. The van der Waals surface area contributed by atoms with Crippen molar-refractivity contribution in [3.63, 3.8) is 0 Å². The van der Waals surface area contributed by atoms with E-state index in [2.05, 4.69) is 0 Å². The van der Waals surface area contributed by atoms with Crippen molar-refractivity contribution in [2.75, 3.05) is 6.54 Å². The zero-order chi connectivity index (χ0) is 16.2. The summed E-state index contributed by atoms with van der Waals surface area (Å²) in [7, 11) is 0. The summed E-state index contributed by atoms with van der Waals surface area (Å²) in [6.45, 7) is 2.17. The van der Waals surface area contributed by atoms with Crippen LogP contribution >= 0.6 is 11.8 Å². The number of carbonyl (C=O) groups excluding carboxylic acids is 2. The SMILES string of the molecule is CCN1C(=O)S/C(=C/c2cccc(Oc3ccccc3)c2)C1=O. The van der Waals surface area contributed by atoms with Gasteiger partial charge in [-0.1, -0.05) is 30.3 Å². The molecule has 1 saturated heterocycles. The van der Waals surface area contributed by atoms with Gasteiger partial charge in [0.05, 0.1) is 4.91 Å². The van der Waals surface area contributed by atoms with E-state index in [1.54, 1.807) is 13.0 Å². The molecule has 116 valence electrons. The smallest absolute Gasteiger partial charge is 0.293 e. The maximum absolute atomic E-state index is 12.1. The van der Waals surface area contributed by atoms with Crippen LogP contribution in [0.2, 0.25) is 0 Å². The zero-order valence-electron chi connectivity index (χ0n) is 12.6. The molecule has 0 aliphatic carbocycles. The first-order valence-corrected chi connectivity index (χ1v) is 8.07. The topological polar surface area (TPSA) is 46.6 Å². The maximum atomic E-state index is 12.1. The summed E-state index contributed by atoms with van der Waals surface area (Å²) in [5.41, 5.74) is 0.819. The number of likely N-dealkylation sites (N-methyl/N-ethyl adjacent to an activating group) is 1. The molecule has 1 aliphatic rings. The monoisotopic (exact) mass is 325 g/mol. The van der Waals surface area contributed by atoms with E-state index in [9.17, 15) is 9.59 Å². The lowest BCUT2D eigenvalue weighted by molar-refractivity contribution is -0.122. The molecule has 0 radical (unpaired) electrons. The van der Waals surface area contributed by atoms with Gasteiger partial charge in [0.25, 0.3) is 11.1 Å². The van der Waals surface area contributed by atoms with Gasteiger partial charge in [0.15, 0.2) is 0 Å². The van der Waals surface area contributed by atoms with Crippen molar-refractivity contribution in [3.05, 3.63) is 65.1 Å². The summed E-state index contributed by atoms with van der Waals surface area (Å²) in [5.74, 6) is 1.19. The van der Waals surface area contributed by atoms with Gasteiger partial charge in [0.2, 0.25) is 0 Å². The van der Waals surface area contributed by atoms with Gasteiger partial charge in [-0.2, -0.15) is 0 Å². The van der Waals surface area contributed by atoms with E-state index in [1.807, 2.05) is 54.6 Å². The summed E-state index contributed by atoms with van der Waals surface area (Å²) in [4.78, 5) is 25.5. The molecule has 0 N–H and O–H groups in total. The van der Waals surface area contributed by atoms with Crippen molar-refractivity contribution in [1.29, 1.82) is 0 Å². The Balaban J connectivity index is 1.82. The Hall–Kier alpha value is -2.53. The minimum Gasteiger partial charge on any atom is -0.457 e. The lowest BCUT2D eigenvalue weighted by atomic mass is 10.2. The van der Waals surface area contributed by atoms with Crippen LogP contribution in [0.4, 0.5) is 4.79 Å². The van der Waals surface area contributed by atoms with Crippen LogP contribution in [0.5, 0.6) is 11.5 Å². The first kappa shape index (κ1) is 15.4. The highest BCUT2D eigenvalue weighted by atomic mass is 32.2. The first-order valence-electron chi connectivity index (χ1n) is 7.25. The molecule has 1 fully saturated rings. The van der Waals surface area contributed by atoms with Crippen molar-refractivity contribution < 1.29 is 14.3 Å². The van der Waals surface area contributed by atoms with Gasteiger partial charge in [0.1, 0.15) is 11.5 Å². The van der Waals surface area contributed by atoms with Crippen LogP contribution in [0.1, 0.15) is 12.5 Å². The normalized spacial score (nSPS) is 16.2. The number of imide groups is 1. The average molecular weight is 325 g/mol. The van der Waals surface area contributed by atoms with E-state index in [0.717, 1.165) is 23.1 Å². The molecular formula is C18H15NO3S. The Morgan fingerprint density at radius 3 is 2.48 bits per heavy atom. The standard InChI is InChI=1S/C18H15NO3S/c1-2-19-17(20)16(23-18(19)21)12-13-7-6-10-15(11-13)22-14-8-4-3-5-9-14/h3-12H,2H2,1H3/b16-12+. The van der Waals surface area contributed by atoms with E-state index in [-0.39, 0.29) is 11.1 Å². The van der Waals surface area contributed by atoms with E-state index in [1.165, 1.54) is 4.90 Å². The minimum atomic E-state index is -0.239. The summed E-state index contributed by atoms with van der Waals surface area (Å²) < 4.78 is 5.78. The molecule has 0 saturated carbocycles. The molecule has 2 amide bonds. The fraction of sp³-hybridized carbons (Fsp3) is 0.111. The lowest BCUT2D eigenvalue weighted by Gasteiger charge is -2.07. The third kappa shape index (κ3) is 3.46. The van der Waals surface area contributed by atoms with Gasteiger partial charge < -0.3 is 4.74 Å². The van der Waals surface area contributed by atoms with Crippen LogP contribution in [0.3, 0.4) is 0 Å². The van der Waals surface area contributed by atoms with Crippen LogP contribution in [0.15, 0.2) is 59.5 Å². The third-order valence-electron chi connectivity index (χ3n) is 3.32. The highest BCUT2D eigenvalue weighted by molar-refractivity contribution is 8.18. The van der Waals surface area contributed by atoms with Crippen LogP contribution in [-0.2, 0) is 4.79 Å².